The Morgan fingerprint density at radius 3 is 0.712 bits per heavy atom. The maximum Gasteiger partial charge on any atom is 0.397 e. The third-order valence-corrected chi connectivity index (χ3v) is 12.6. The minimum absolute atomic E-state index is 1.71. The average Bonchev–Trinajstić information content (AvgIpc) is 3.43. The lowest BCUT2D eigenvalue weighted by atomic mass is 9.96. The zero-order valence-electron chi connectivity index (χ0n) is 33.8. The third kappa shape index (κ3) is 24.4. The van der Waals surface area contributed by atoms with Crippen LogP contribution in [0.2, 0.25) is 0 Å². The molecule has 73 heavy (non-hydrogen) atoms. The molecular formula is C18H32O45S10. The molecule has 3 aliphatic rings. The summed E-state index contributed by atoms with van der Waals surface area (Å²) < 4.78 is 399. The van der Waals surface area contributed by atoms with Crippen LogP contribution in [0.15, 0.2) is 0 Å². The van der Waals surface area contributed by atoms with Crippen LogP contribution in [0.5, 0.6) is 0 Å². The summed E-state index contributed by atoms with van der Waals surface area (Å²) in [4.78, 5) is 0. The van der Waals surface area contributed by atoms with Gasteiger partial charge >= 0.3 is 104 Å². The summed E-state index contributed by atoms with van der Waals surface area (Å²) in [6.45, 7) is -7.62. The van der Waals surface area contributed by atoms with Crippen LogP contribution in [0.25, 0.3) is 0 Å². The molecule has 55 heteroatoms. The fraction of sp³-hybridized carbons (Fsp3) is 1.00. The van der Waals surface area contributed by atoms with Crippen LogP contribution in [-0.4, -0.2) is 242 Å². The minimum atomic E-state index is -6.45. The zero-order chi connectivity index (χ0) is 56.5. The highest BCUT2D eigenvalue weighted by Crippen LogP contribution is 2.39. The maximum atomic E-state index is 12.4. The van der Waals surface area contributed by atoms with Gasteiger partial charge in [0.25, 0.3) is 0 Å². The molecule has 45 nitrogen and oxygen atoms in total. The molecule has 434 valence electrons. The van der Waals surface area contributed by atoms with Gasteiger partial charge in [0.2, 0.25) is 0 Å². The second-order valence-electron chi connectivity index (χ2n) is 13.3. The van der Waals surface area contributed by atoms with E-state index in [2.05, 4.69) is 41.8 Å². The molecule has 0 bridgehead atoms. The van der Waals surface area contributed by atoms with Gasteiger partial charge in [-0.1, -0.05) is 0 Å². The predicted octanol–water partition coefficient (Wildman–Crippen LogP) is -8.62. The van der Waals surface area contributed by atoms with E-state index in [1.54, 1.807) is 0 Å². The van der Waals surface area contributed by atoms with Gasteiger partial charge < -0.3 is 23.7 Å². The van der Waals surface area contributed by atoms with Crippen molar-refractivity contribution >= 4 is 104 Å². The Bertz CT molecular complexity index is 3090. The van der Waals surface area contributed by atoms with E-state index >= 15 is 0 Å². The van der Waals surface area contributed by atoms with Crippen molar-refractivity contribution in [3.05, 3.63) is 0 Å². The molecule has 3 fully saturated rings. The SMILES string of the molecule is O=S(=O)(O)OC[C@H]1O[C@@H](O[C@H]2[C@H](OS(=O)(=O)O)[C@@H](COS(=O)(=O)O)O[C@@H]2COS(=O)(=O)O)[C@H](OS(=O)(=O)O)[C@@H](OS(=O)(=O)O)[C@@H]1O[C@H]1O[C@H](COS(=O)(=O)O)[C@@H](OS(=O)(=O)O)[C@H](OS(=O)(=O)O)[C@H]1OS(=O)(=O)O. The summed E-state index contributed by atoms with van der Waals surface area (Å²) in [5, 5.41) is 0. The lowest BCUT2D eigenvalue weighted by Crippen LogP contribution is -2.67. The van der Waals surface area contributed by atoms with E-state index in [0.717, 1.165) is 0 Å². The van der Waals surface area contributed by atoms with Crippen LogP contribution in [-0.2, 0) is 170 Å². The molecule has 0 amide bonds. The number of ether oxygens (including phenoxy) is 5. The molecule has 0 saturated carbocycles. The quantitative estimate of drug-likeness (QED) is 0.0325. The molecule has 0 aromatic heterocycles. The van der Waals surface area contributed by atoms with Gasteiger partial charge in [0.05, 0.1) is 26.4 Å². The Labute approximate surface area is 409 Å². The molecule has 0 spiro atoms. The van der Waals surface area contributed by atoms with E-state index in [1.165, 1.54) is 0 Å². The van der Waals surface area contributed by atoms with Gasteiger partial charge in [-0.2, -0.15) is 84.2 Å². The van der Waals surface area contributed by atoms with Gasteiger partial charge in [-0.3, -0.25) is 45.5 Å². The van der Waals surface area contributed by atoms with Crippen molar-refractivity contribution in [2.75, 3.05) is 26.4 Å². The number of rotatable bonds is 28. The van der Waals surface area contributed by atoms with E-state index < -0.39 is 216 Å². The second kappa shape index (κ2) is 23.8. The summed E-state index contributed by atoms with van der Waals surface area (Å²) in [7, 11) is -60.8. The smallest absolute Gasteiger partial charge is 0.364 e. The van der Waals surface area contributed by atoms with Crippen LogP contribution in [0.3, 0.4) is 0 Å². The number of hydrogen-bond acceptors (Lipinski definition) is 35. The fourth-order valence-electron chi connectivity index (χ4n) is 6.07. The molecule has 0 aromatic rings. The Hall–Kier alpha value is -1.50. The van der Waals surface area contributed by atoms with Crippen LogP contribution < -0.4 is 0 Å². The highest BCUT2D eigenvalue weighted by atomic mass is 32.3. The van der Waals surface area contributed by atoms with Gasteiger partial charge in [0.15, 0.2) is 24.8 Å². The standard InChI is InChI=1S/C18H32O45S10/c19-64(20,21)49-1-5-9(11(58-68(31,32)33)7(53-5)3-51-66(25,26)27)56-17-15(62-72(43,44)45)13(60-70(37,38)39)10(6(54-17)2-50-65(22,23)24)57-18-16(63-73(46,47)48)14(61-71(40,41)42)12(59-69(34,35)36)8(55-18)4-52-67(28,29)30/h5-18H,1-4H2,(H,19,20,21)(H,22,23,24)(H,25,26,27)(H,28,29,30)(H,31,32,33)(H,34,35,36)(H,37,38,39)(H,40,41,42)(H,43,44,45)(H,46,47,48)/t5-,6-,7-,8-,9-,10-,11-,12-,13+,14+,15-,16-,17+,18-/m1/s1. The highest BCUT2D eigenvalue weighted by Gasteiger charge is 2.60. The van der Waals surface area contributed by atoms with Crippen LogP contribution in [0, 0.1) is 0 Å². The minimum Gasteiger partial charge on any atom is -0.364 e. The Balaban J connectivity index is 2.45. The molecular weight excluding hydrogens is 1260 g/mol. The first kappa shape index (κ1) is 65.8. The van der Waals surface area contributed by atoms with Crippen molar-refractivity contribution < 1.29 is 195 Å². The third-order valence-electron chi connectivity index (χ3n) is 8.09. The fourth-order valence-corrected chi connectivity index (χ4v) is 10.3. The Morgan fingerprint density at radius 1 is 0.247 bits per heavy atom. The predicted molar refractivity (Wildman–Crippen MR) is 204 cm³/mol. The Kier molecular flexibility index (Phi) is 21.5. The average molecular weight is 1290 g/mol. The second-order valence-corrected chi connectivity index (χ2v) is 23.9. The van der Waals surface area contributed by atoms with Crippen molar-refractivity contribution in [3.63, 3.8) is 0 Å². The molecule has 0 aliphatic carbocycles. The summed E-state index contributed by atoms with van der Waals surface area (Å²) in [5.74, 6) is 0. The van der Waals surface area contributed by atoms with Crippen LogP contribution >= 0.6 is 0 Å². The summed E-state index contributed by atoms with van der Waals surface area (Å²) in [5.41, 5.74) is 0. The summed E-state index contributed by atoms with van der Waals surface area (Å²) >= 11 is 0. The van der Waals surface area contributed by atoms with Gasteiger partial charge in [0, 0.05) is 0 Å². The summed E-state index contributed by atoms with van der Waals surface area (Å²) in [6, 6.07) is 0. The molecule has 3 saturated heterocycles. The summed E-state index contributed by atoms with van der Waals surface area (Å²) in [6.07, 6.45) is -44.5. The molecule has 0 aromatic carbocycles. The number of hydrogen-bond donors (Lipinski definition) is 10. The van der Waals surface area contributed by atoms with Gasteiger partial charge in [-0.15, -0.1) is 0 Å². The molecule has 10 N–H and O–H groups in total. The largest absolute Gasteiger partial charge is 0.397 e. The van der Waals surface area contributed by atoms with Crippen LogP contribution in [0.4, 0.5) is 0 Å². The van der Waals surface area contributed by atoms with Crippen molar-refractivity contribution in [2.24, 2.45) is 0 Å². The normalized spacial score (nSPS) is 31.9. The molecule has 3 heterocycles. The topological polar surface area (TPSA) is 682 Å². The van der Waals surface area contributed by atoms with E-state index in [4.69, 9.17) is 37.3 Å². The lowest BCUT2D eigenvalue weighted by molar-refractivity contribution is -0.354. The van der Waals surface area contributed by atoms with E-state index in [9.17, 15) is 116 Å². The first-order valence-electron chi connectivity index (χ1n) is 17.1. The Morgan fingerprint density at radius 2 is 0.438 bits per heavy atom. The van der Waals surface area contributed by atoms with E-state index in [0.29, 0.717) is 0 Å². The van der Waals surface area contributed by atoms with E-state index in [-0.39, 0.29) is 0 Å². The first-order chi connectivity index (χ1) is 32.4. The van der Waals surface area contributed by atoms with Crippen molar-refractivity contribution in [2.45, 2.75) is 85.8 Å². The molecule has 0 radical (unpaired) electrons. The van der Waals surface area contributed by atoms with Crippen LogP contribution in [0.1, 0.15) is 0 Å². The van der Waals surface area contributed by atoms with Crippen molar-refractivity contribution in [1.82, 2.24) is 0 Å². The van der Waals surface area contributed by atoms with Crippen molar-refractivity contribution in [1.29, 1.82) is 0 Å². The monoisotopic (exact) mass is 1290 g/mol. The molecule has 0 unspecified atom stereocenters. The zero-order valence-corrected chi connectivity index (χ0v) is 41.9. The lowest BCUT2D eigenvalue weighted by Gasteiger charge is -2.48. The molecule has 3 aliphatic heterocycles. The van der Waals surface area contributed by atoms with E-state index in [1.807, 2.05) is 0 Å². The molecule has 3 rings (SSSR count). The maximum absolute atomic E-state index is 12.4. The molecule has 14 atom stereocenters. The highest BCUT2D eigenvalue weighted by molar-refractivity contribution is 7.83. The van der Waals surface area contributed by atoms with Gasteiger partial charge in [0.1, 0.15) is 61.0 Å². The van der Waals surface area contributed by atoms with Gasteiger partial charge in [-0.25, -0.2) is 41.8 Å². The first-order valence-corrected chi connectivity index (χ1v) is 30.7. The van der Waals surface area contributed by atoms with Gasteiger partial charge in [-0.05, 0) is 0 Å². The van der Waals surface area contributed by atoms with Crippen molar-refractivity contribution in [3.8, 4) is 0 Å².